The van der Waals surface area contributed by atoms with E-state index in [1.54, 1.807) is 7.11 Å². The lowest BCUT2D eigenvalue weighted by Crippen LogP contribution is -2.42. The topological polar surface area (TPSA) is 41.5 Å². The van der Waals surface area contributed by atoms with E-state index in [4.69, 9.17) is 4.74 Å². The van der Waals surface area contributed by atoms with Gasteiger partial charge in [-0.25, -0.2) is 0 Å². The van der Waals surface area contributed by atoms with E-state index in [1.165, 1.54) is 25.7 Å². The summed E-state index contributed by atoms with van der Waals surface area (Å²) in [6, 6.07) is 0.348. The van der Waals surface area contributed by atoms with Crippen molar-refractivity contribution in [3.8, 4) is 0 Å². The first-order valence-corrected chi connectivity index (χ1v) is 6.25. The van der Waals surface area contributed by atoms with Gasteiger partial charge >= 0.3 is 0 Å². The van der Waals surface area contributed by atoms with Crippen molar-refractivity contribution in [2.45, 2.75) is 57.1 Å². The molecular formula is C12H25NO2. The predicted octanol–water partition coefficient (Wildman–Crippen LogP) is 1.70. The summed E-state index contributed by atoms with van der Waals surface area (Å²) in [6.07, 6.45) is 7.99. The molecule has 90 valence electrons. The average molecular weight is 215 g/mol. The summed E-state index contributed by atoms with van der Waals surface area (Å²) in [5.74, 6) is 0. The second-order valence-electron chi connectivity index (χ2n) is 4.47. The van der Waals surface area contributed by atoms with E-state index in [9.17, 15) is 5.11 Å². The van der Waals surface area contributed by atoms with Crippen molar-refractivity contribution < 1.29 is 9.84 Å². The van der Waals surface area contributed by atoms with Crippen LogP contribution < -0.4 is 5.32 Å². The second-order valence-corrected chi connectivity index (χ2v) is 4.47. The lowest BCUT2D eigenvalue weighted by molar-refractivity contribution is 0.0908. The van der Waals surface area contributed by atoms with E-state index in [2.05, 4.69) is 5.32 Å². The Hall–Kier alpha value is -0.120. The Bertz CT molecular complexity index is 153. The summed E-state index contributed by atoms with van der Waals surface area (Å²) in [5.41, 5.74) is 0. The summed E-state index contributed by atoms with van der Waals surface area (Å²) >= 11 is 0. The normalized spacial score (nSPS) is 26.8. The van der Waals surface area contributed by atoms with Crippen LogP contribution in [0, 0.1) is 0 Å². The Kier molecular flexibility index (Phi) is 6.98. The zero-order valence-corrected chi connectivity index (χ0v) is 9.87. The van der Waals surface area contributed by atoms with Gasteiger partial charge in [-0.2, -0.15) is 0 Å². The maximum Gasteiger partial charge on any atom is 0.0693 e. The number of aliphatic hydroxyl groups excluding tert-OH is 1. The molecule has 0 unspecified atom stereocenters. The summed E-state index contributed by atoms with van der Waals surface area (Å²) in [5, 5.41) is 13.2. The van der Waals surface area contributed by atoms with Crippen molar-refractivity contribution in [1.29, 1.82) is 0 Å². The van der Waals surface area contributed by atoms with E-state index in [0.29, 0.717) is 6.04 Å². The number of hydrogen-bond donors (Lipinski definition) is 2. The molecule has 0 radical (unpaired) electrons. The molecule has 0 spiro atoms. The monoisotopic (exact) mass is 215 g/mol. The van der Waals surface area contributed by atoms with Crippen LogP contribution in [0.25, 0.3) is 0 Å². The van der Waals surface area contributed by atoms with E-state index in [1.807, 2.05) is 0 Å². The molecule has 1 fully saturated rings. The van der Waals surface area contributed by atoms with Gasteiger partial charge in [0, 0.05) is 19.8 Å². The van der Waals surface area contributed by atoms with Crippen LogP contribution >= 0.6 is 0 Å². The molecule has 1 saturated carbocycles. The van der Waals surface area contributed by atoms with Gasteiger partial charge in [0.25, 0.3) is 0 Å². The maximum atomic E-state index is 9.73. The van der Waals surface area contributed by atoms with Gasteiger partial charge in [-0.3, -0.25) is 0 Å². The maximum absolute atomic E-state index is 9.73. The van der Waals surface area contributed by atoms with Crippen LogP contribution in [0.3, 0.4) is 0 Å². The smallest absolute Gasteiger partial charge is 0.0693 e. The summed E-state index contributed by atoms with van der Waals surface area (Å²) < 4.78 is 5.00. The predicted molar refractivity (Wildman–Crippen MR) is 62.0 cm³/mol. The van der Waals surface area contributed by atoms with Gasteiger partial charge in [0.1, 0.15) is 0 Å². The van der Waals surface area contributed by atoms with Gasteiger partial charge in [0.15, 0.2) is 0 Å². The minimum atomic E-state index is -0.113. The fourth-order valence-electron chi connectivity index (χ4n) is 2.19. The van der Waals surface area contributed by atoms with E-state index >= 15 is 0 Å². The van der Waals surface area contributed by atoms with E-state index in [0.717, 1.165) is 32.4 Å². The molecular weight excluding hydrogens is 190 g/mol. The van der Waals surface area contributed by atoms with Crippen LogP contribution in [0.5, 0.6) is 0 Å². The molecule has 3 heteroatoms. The Morgan fingerprint density at radius 2 is 2.00 bits per heavy atom. The summed E-state index contributed by atoms with van der Waals surface area (Å²) in [7, 11) is 1.75. The van der Waals surface area contributed by atoms with Crippen LogP contribution in [0.15, 0.2) is 0 Å². The van der Waals surface area contributed by atoms with Crippen molar-refractivity contribution in [3.63, 3.8) is 0 Å². The average Bonchev–Trinajstić information content (AvgIpc) is 2.25. The molecule has 0 aliphatic heterocycles. The van der Waals surface area contributed by atoms with Crippen molar-refractivity contribution in [1.82, 2.24) is 5.32 Å². The quantitative estimate of drug-likeness (QED) is 0.635. The molecule has 0 aromatic carbocycles. The fraction of sp³-hybridized carbons (Fsp3) is 1.00. The second kappa shape index (κ2) is 8.08. The lowest BCUT2D eigenvalue weighted by atomic mass is 9.92. The molecule has 2 N–H and O–H groups in total. The lowest BCUT2D eigenvalue weighted by Gasteiger charge is -2.28. The molecule has 1 rings (SSSR count). The van der Waals surface area contributed by atoms with E-state index < -0.39 is 0 Å². The number of nitrogens with one attached hydrogen (secondary N) is 1. The van der Waals surface area contributed by atoms with Crippen LogP contribution in [0.4, 0.5) is 0 Å². The Morgan fingerprint density at radius 3 is 2.73 bits per heavy atom. The van der Waals surface area contributed by atoms with Crippen LogP contribution in [-0.4, -0.2) is 37.5 Å². The molecule has 0 heterocycles. The van der Waals surface area contributed by atoms with E-state index in [-0.39, 0.29) is 6.10 Å². The summed E-state index contributed by atoms with van der Waals surface area (Å²) in [4.78, 5) is 0. The minimum Gasteiger partial charge on any atom is -0.392 e. The molecule has 1 aliphatic carbocycles. The number of hydrogen-bond acceptors (Lipinski definition) is 3. The Morgan fingerprint density at radius 1 is 1.20 bits per heavy atom. The highest BCUT2D eigenvalue weighted by molar-refractivity contribution is 4.79. The van der Waals surface area contributed by atoms with Gasteiger partial charge < -0.3 is 15.2 Å². The van der Waals surface area contributed by atoms with Gasteiger partial charge in [-0.15, -0.1) is 0 Å². The minimum absolute atomic E-state index is 0.113. The van der Waals surface area contributed by atoms with Crippen molar-refractivity contribution in [3.05, 3.63) is 0 Å². The number of aliphatic hydroxyl groups is 1. The van der Waals surface area contributed by atoms with Gasteiger partial charge in [0.05, 0.1) is 6.10 Å². The highest BCUT2D eigenvalue weighted by Crippen LogP contribution is 2.18. The number of methoxy groups -OCH3 is 1. The number of unbranched alkanes of at least 4 members (excludes halogenated alkanes) is 2. The Balaban J connectivity index is 1.94. The molecule has 0 amide bonds. The van der Waals surface area contributed by atoms with Gasteiger partial charge in [-0.1, -0.05) is 12.8 Å². The molecule has 0 saturated heterocycles. The third-order valence-electron chi connectivity index (χ3n) is 3.16. The zero-order valence-electron chi connectivity index (χ0n) is 9.87. The zero-order chi connectivity index (χ0) is 10.9. The highest BCUT2D eigenvalue weighted by atomic mass is 16.5. The molecule has 2 atom stereocenters. The summed E-state index contributed by atoms with van der Waals surface area (Å²) in [6.45, 7) is 1.90. The molecule has 3 nitrogen and oxygen atoms in total. The van der Waals surface area contributed by atoms with Crippen LogP contribution in [0.2, 0.25) is 0 Å². The first-order valence-electron chi connectivity index (χ1n) is 6.25. The standard InChI is InChI=1S/C12H25NO2/c1-15-10-6-2-5-9-13-11-7-3-4-8-12(11)14/h11-14H,2-10H2,1H3/t11-,12-/m1/s1. The fourth-order valence-corrected chi connectivity index (χ4v) is 2.19. The van der Waals surface area contributed by atoms with Crippen LogP contribution in [-0.2, 0) is 4.74 Å². The third kappa shape index (κ3) is 5.50. The van der Waals surface area contributed by atoms with Crippen LogP contribution in [0.1, 0.15) is 44.9 Å². The van der Waals surface area contributed by atoms with Gasteiger partial charge in [0.2, 0.25) is 0 Å². The molecule has 0 aromatic rings. The highest BCUT2D eigenvalue weighted by Gasteiger charge is 2.21. The third-order valence-corrected chi connectivity index (χ3v) is 3.16. The van der Waals surface area contributed by atoms with Gasteiger partial charge in [-0.05, 0) is 38.6 Å². The van der Waals surface area contributed by atoms with Crippen molar-refractivity contribution in [2.24, 2.45) is 0 Å². The number of rotatable bonds is 7. The molecule has 15 heavy (non-hydrogen) atoms. The largest absolute Gasteiger partial charge is 0.392 e. The SMILES string of the molecule is COCCCCCN[C@@H]1CCCC[C@H]1O. The Labute approximate surface area is 93.2 Å². The molecule has 1 aliphatic rings. The molecule has 0 aromatic heterocycles. The molecule has 0 bridgehead atoms. The number of ether oxygens (including phenoxy) is 1. The first-order chi connectivity index (χ1) is 7.34. The van der Waals surface area contributed by atoms with Crippen molar-refractivity contribution >= 4 is 0 Å². The first kappa shape index (κ1) is 12.9. The van der Waals surface area contributed by atoms with Crippen molar-refractivity contribution in [2.75, 3.05) is 20.3 Å².